The van der Waals surface area contributed by atoms with Crippen LogP contribution in [0.15, 0.2) is 34.9 Å². The van der Waals surface area contributed by atoms with E-state index in [2.05, 4.69) is 5.16 Å². The number of ketones is 1. The minimum absolute atomic E-state index is 0.234. The summed E-state index contributed by atoms with van der Waals surface area (Å²) in [4.78, 5) is 10.3. The molecule has 0 bridgehead atoms. The normalized spacial score (nSPS) is 14.3. The summed E-state index contributed by atoms with van der Waals surface area (Å²) in [6.45, 7) is -0.911. The number of aliphatic hydroxyl groups is 1. The second-order valence-electron chi connectivity index (χ2n) is 6.20. The standard InChI is InChI=1S/C17H18Cl2FNO5S/c1-27(24,25)9-13-7-15(26-21-13)10-2-4-11(5-3-10)16(23)12(8-20)6-14(22)17(18)19/h2-5,7,12,16-17,23H,6,8-9H2,1H3/t12-,16-/m1/s1. The van der Waals surface area contributed by atoms with Crippen molar-refractivity contribution in [1.82, 2.24) is 5.16 Å². The lowest BCUT2D eigenvalue weighted by molar-refractivity contribution is -0.119. The van der Waals surface area contributed by atoms with Crippen molar-refractivity contribution in [3.63, 3.8) is 0 Å². The number of alkyl halides is 3. The summed E-state index contributed by atoms with van der Waals surface area (Å²) >= 11 is 10.9. The second-order valence-corrected chi connectivity index (χ2v) is 9.44. The van der Waals surface area contributed by atoms with Crippen LogP contribution in [0.5, 0.6) is 0 Å². The van der Waals surface area contributed by atoms with Gasteiger partial charge in [0, 0.05) is 30.2 Å². The third-order valence-corrected chi connectivity index (χ3v) is 5.16. The molecule has 0 aliphatic rings. The van der Waals surface area contributed by atoms with Crippen molar-refractivity contribution in [2.75, 3.05) is 12.9 Å². The van der Waals surface area contributed by atoms with Gasteiger partial charge in [-0.3, -0.25) is 9.18 Å². The molecular formula is C17H18Cl2FNO5S. The zero-order chi connectivity index (χ0) is 20.2. The molecule has 0 aliphatic carbocycles. The third-order valence-electron chi connectivity index (χ3n) is 3.86. The first kappa shape index (κ1) is 21.8. The van der Waals surface area contributed by atoms with Crippen LogP contribution in [-0.2, 0) is 20.4 Å². The Morgan fingerprint density at radius 2 is 1.93 bits per heavy atom. The SMILES string of the molecule is CS(=O)(=O)Cc1cc(-c2ccc([C@@H](O)[C@@H](CF)CC(=O)C(Cl)Cl)cc2)on1. The van der Waals surface area contributed by atoms with Crippen molar-refractivity contribution in [3.8, 4) is 11.3 Å². The van der Waals surface area contributed by atoms with Gasteiger partial charge in [0.15, 0.2) is 26.2 Å². The van der Waals surface area contributed by atoms with Gasteiger partial charge in [-0.2, -0.15) is 0 Å². The maximum Gasteiger partial charge on any atom is 0.167 e. The van der Waals surface area contributed by atoms with E-state index in [0.29, 0.717) is 16.9 Å². The molecule has 0 spiro atoms. The number of hydrogen-bond donors (Lipinski definition) is 1. The summed E-state index contributed by atoms with van der Waals surface area (Å²) in [7, 11) is -3.23. The Labute approximate surface area is 166 Å². The molecule has 0 unspecified atom stereocenters. The zero-order valence-electron chi connectivity index (χ0n) is 14.3. The minimum Gasteiger partial charge on any atom is -0.388 e. The Morgan fingerprint density at radius 1 is 1.30 bits per heavy atom. The van der Waals surface area contributed by atoms with Crippen molar-refractivity contribution >= 4 is 38.8 Å². The van der Waals surface area contributed by atoms with Crippen molar-refractivity contribution in [2.45, 2.75) is 23.1 Å². The fourth-order valence-electron chi connectivity index (χ4n) is 2.50. The molecule has 0 saturated carbocycles. The molecule has 0 saturated heterocycles. The van der Waals surface area contributed by atoms with E-state index >= 15 is 0 Å². The van der Waals surface area contributed by atoms with Gasteiger partial charge in [-0.25, -0.2) is 8.42 Å². The number of sulfone groups is 1. The number of nitrogens with zero attached hydrogens (tertiary/aromatic N) is 1. The van der Waals surface area contributed by atoms with Crippen LogP contribution in [0, 0.1) is 5.92 Å². The topological polar surface area (TPSA) is 97.5 Å². The zero-order valence-corrected chi connectivity index (χ0v) is 16.6. The van der Waals surface area contributed by atoms with E-state index in [9.17, 15) is 22.7 Å². The second kappa shape index (κ2) is 9.14. The van der Waals surface area contributed by atoms with Gasteiger partial charge in [-0.05, 0) is 5.56 Å². The Hall–Kier alpha value is -1.48. The lowest BCUT2D eigenvalue weighted by atomic mass is 9.92. The number of rotatable bonds is 9. The number of aromatic nitrogens is 1. The van der Waals surface area contributed by atoms with Crippen LogP contribution in [-0.4, -0.2) is 42.2 Å². The van der Waals surface area contributed by atoms with Gasteiger partial charge in [0.2, 0.25) is 0 Å². The van der Waals surface area contributed by atoms with E-state index in [1.807, 2.05) is 0 Å². The molecule has 1 N–H and O–H groups in total. The van der Waals surface area contributed by atoms with E-state index in [1.54, 1.807) is 24.3 Å². The summed E-state index contributed by atoms with van der Waals surface area (Å²) in [5.41, 5.74) is 1.29. The van der Waals surface area contributed by atoms with Crippen molar-refractivity contribution < 1.29 is 27.2 Å². The predicted octanol–water partition coefficient (Wildman–Crippen LogP) is 3.27. The molecule has 148 valence electrons. The Kier molecular flexibility index (Phi) is 7.39. The van der Waals surface area contributed by atoms with Gasteiger partial charge >= 0.3 is 0 Å². The monoisotopic (exact) mass is 437 g/mol. The molecule has 6 nitrogen and oxygen atoms in total. The van der Waals surface area contributed by atoms with Gasteiger partial charge in [-0.15, -0.1) is 0 Å². The first-order valence-corrected chi connectivity index (χ1v) is 10.8. The maximum absolute atomic E-state index is 13.2. The fourth-order valence-corrected chi connectivity index (χ4v) is 3.35. The van der Waals surface area contributed by atoms with E-state index in [-0.39, 0.29) is 17.9 Å². The van der Waals surface area contributed by atoms with Gasteiger partial charge in [0.05, 0.1) is 24.2 Å². The average Bonchev–Trinajstić information content (AvgIpc) is 3.05. The Morgan fingerprint density at radius 3 is 2.44 bits per heavy atom. The molecule has 2 rings (SSSR count). The molecule has 0 fully saturated rings. The van der Waals surface area contributed by atoms with Crippen LogP contribution in [0.25, 0.3) is 11.3 Å². The largest absolute Gasteiger partial charge is 0.388 e. The molecule has 1 aromatic heterocycles. The predicted molar refractivity (Wildman–Crippen MR) is 100 cm³/mol. The van der Waals surface area contributed by atoms with Gasteiger partial charge < -0.3 is 9.63 Å². The molecule has 2 atom stereocenters. The first-order chi connectivity index (χ1) is 12.6. The Bertz CT molecular complexity index is 883. The molecule has 0 aliphatic heterocycles. The smallest absolute Gasteiger partial charge is 0.167 e. The van der Waals surface area contributed by atoms with E-state index in [4.69, 9.17) is 27.7 Å². The molecular weight excluding hydrogens is 420 g/mol. The van der Waals surface area contributed by atoms with Crippen molar-refractivity contribution in [3.05, 3.63) is 41.6 Å². The number of benzene rings is 1. The number of hydrogen-bond acceptors (Lipinski definition) is 6. The molecule has 10 heteroatoms. The van der Waals surface area contributed by atoms with Crippen LogP contribution in [0.4, 0.5) is 4.39 Å². The molecule has 1 aromatic carbocycles. The number of carbonyl (C=O) groups excluding carboxylic acids is 1. The lowest BCUT2D eigenvalue weighted by Crippen LogP contribution is -2.21. The Balaban J connectivity index is 2.13. The number of aliphatic hydroxyl groups excluding tert-OH is 1. The lowest BCUT2D eigenvalue weighted by Gasteiger charge is -2.20. The van der Waals surface area contributed by atoms with Gasteiger partial charge in [0.25, 0.3) is 0 Å². The highest BCUT2D eigenvalue weighted by Gasteiger charge is 2.26. The van der Waals surface area contributed by atoms with Crippen LogP contribution < -0.4 is 0 Å². The van der Waals surface area contributed by atoms with Crippen LogP contribution >= 0.6 is 23.2 Å². The first-order valence-electron chi connectivity index (χ1n) is 7.89. The van der Waals surface area contributed by atoms with Crippen molar-refractivity contribution in [1.29, 1.82) is 0 Å². The quantitative estimate of drug-likeness (QED) is 0.604. The number of halogens is 3. The molecule has 1 heterocycles. The van der Waals surface area contributed by atoms with Gasteiger partial charge in [-0.1, -0.05) is 52.6 Å². The van der Waals surface area contributed by atoms with Gasteiger partial charge in [0.1, 0.15) is 0 Å². The highest BCUT2D eigenvalue weighted by molar-refractivity contribution is 7.89. The highest BCUT2D eigenvalue weighted by atomic mass is 35.5. The van der Waals surface area contributed by atoms with Crippen LogP contribution in [0.1, 0.15) is 23.8 Å². The molecule has 0 amide bonds. The van der Waals surface area contributed by atoms with Crippen LogP contribution in [0.2, 0.25) is 0 Å². The molecule has 0 radical (unpaired) electrons. The highest BCUT2D eigenvalue weighted by Crippen LogP contribution is 2.29. The van der Waals surface area contributed by atoms with Crippen molar-refractivity contribution in [2.24, 2.45) is 5.92 Å². The number of carbonyl (C=O) groups is 1. The summed E-state index contributed by atoms with van der Waals surface area (Å²) < 4.78 is 41.0. The summed E-state index contributed by atoms with van der Waals surface area (Å²) in [6, 6.07) is 7.87. The summed E-state index contributed by atoms with van der Waals surface area (Å²) in [6.07, 6.45) is -0.399. The van der Waals surface area contributed by atoms with E-state index < -0.39 is 39.2 Å². The van der Waals surface area contributed by atoms with E-state index in [0.717, 1.165) is 6.26 Å². The maximum atomic E-state index is 13.2. The summed E-state index contributed by atoms with van der Waals surface area (Å²) in [5.74, 6) is -1.40. The minimum atomic E-state index is -3.23. The fraction of sp³-hybridized carbons (Fsp3) is 0.412. The average molecular weight is 438 g/mol. The van der Waals surface area contributed by atoms with E-state index in [1.165, 1.54) is 6.07 Å². The molecule has 2 aromatic rings. The van der Waals surface area contributed by atoms with Crippen LogP contribution in [0.3, 0.4) is 0 Å². The number of Topliss-reactive ketones (excluding diaryl/α,β-unsaturated/α-hetero) is 1. The summed E-state index contributed by atoms with van der Waals surface area (Å²) in [5, 5.41) is 14.0. The molecule has 27 heavy (non-hydrogen) atoms. The third kappa shape index (κ3) is 6.27.